The predicted molar refractivity (Wildman–Crippen MR) is 96.2 cm³/mol. The number of rotatable bonds is 6. The van der Waals surface area contributed by atoms with Gasteiger partial charge in [0.1, 0.15) is 17.5 Å². The zero-order valence-electron chi connectivity index (χ0n) is 13.7. The van der Waals surface area contributed by atoms with Gasteiger partial charge in [-0.25, -0.2) is 4.39 Å². The molecule has 0 N–H and O–H groups in total. The number of ether oxygens (including phenoxy) is 2. The van der Waals surface area contributed by atoms with Gasteiger partial charge in [0.15, 0.2) is 11.5 Å². The molecule has 0 saturated heterocycles. The van der Waals surface area contributed by atoms with E-state index in [0.717, 1.165) is 0 Å². The molecule has 0 saturated carbocycles. The minimum Gasteiger partial charge on any atom is -0.493 e. The molecule has 25 heavy (non-hydrogen) atoms. The van der Waals surface area contributed by atoms with E-state index in [0.29, 0.717) is 28.1 Å². The van der Waals surface area contributed by atoms with Crippen LogP contribution in [0.3, 0.4) is 0 Å². The standard InChI is InChI=1S/C19H15BrFNO3/c1-3-25-19-15(20)9-12(10-17(19)24-2)8-13(11-22)18(23)14-6-4-5-7-16(14)21/h4-10H,3H2,1-2H3/b13-8+. The quantitative estimate of drug-likeness (QED) is 0.395. The second-order valence-electron chi connectivity index (χ2n) is 4.95. The molecule has 0 aliphatic heterocycles. The first-order chi connectivity index (χ1) is 12.0. The van der Waals surface area contributed by atoms with E-state index in [9.17, 15) is 14.4 Å². The van der Waals surface area contributed by atoms with Crippen LogP contribution in [0.25, 0.3) is 6.08 Å². The normalized spacial score (nSPS) is 10.9. The Morgan fingerprint density at radius 3 is 2.68 bits per heavy atom. The molecule has 0 heterocycles. The lowest BCUT2D eigenvalue weighted by Crippen LogP contribution is -2.04. The van der Waals surface area contributed by atoms with Gasteiger partial charge in [0.2, 0.25) is 5.78 Å². The summed E-state index contributed by atoms with van der Waals surface area (Å²) >= 11 is 3.38. The number of Topliss-reactive ketones (excluding diaryl/α,β-unsaturated/α-hetero) is 1. The Kier molecular flexibility index (Phi) is 6.31. The van der Waals surface area contributed by atoms with E-state index < -0.39 is 11.6 Å². The Hall–Kier alpha value is -2.65. The van der Waals surface area contributed by atoms with E-state index in [4.69, 9.17) is 9.47 Å². The maximum absolute atomic E-state index is 13.8. The van der Waals surface area contributed by atoms with Crippen molar-refractivity contribution in [2.45, 2.75) is 6.92 Å². The van der Waals surface area contributed by atoms with Gasteiger partial charge in [-0.1, -0.05) is 12.1 Å². The monoisotopic (exact) mass is 403 g/mol. The molecule has 2 rings (SSSR count). The molecule has 4 nitrogen and oxygen atoms in total. The molecule has 0 amide bonds. The van der Waals surface area contributed by atoms with Crippen LogP contribution < -0.4 is 9.47 Å². The van der Waals surface area contributed by atoms with Gasteiger partial charge in [-0.05, 0) is 58.8 Å². The largest absolute Gasteiger partial charge is 0.493 e. The van der Waals surface area contributed by atoms with E-state index in [1.807, 2.05) is 13.0 Å². The highest BCUT2D eigenvalue weighted by Crippen LogP contribution is 2.37. The predicted octanol–water partition coefficient (Wildman–Crippen LogP) is 4.79. The lowest BCUT2D eigenvalue weighted by Gasteiger charge is -2.12. The average molecular weight is 404 g/mol. The van der Waals surface area contributed by atoms with Gasteiger partial charge in [0.05, 0.1) is 23.8 Å². The zero-order valence-corrected chi connectivity index (χ0v) is 15.3. The number of carbonyl (C=O) groups is 1. The number of benzene rings is 2. The summed E-state index contributed by atoms with van der Waals surface area (Å²) in [5.41, 5.74) is 0.226. The van der Waals surface area contributed by atoms with E-state index in [2.05, 4.69) is 15.9 Å². The number of nitrogens with zero attached hydrogens (tertiary/aromatic N) is 1. The fraction of sp³-hybridized carbons (Fsp3) is 0.158. The molecule has 0 bridgehead atoms. The summed E-state index contributed by atoms with van der Waals surface area (Å²) in [6.45, 7) is 2.31. The molecule has 2 aromatic rings. The molecule has 0 unspecified atom stereocenters. The van der Waals surface area contributed by atoms with Crippen LogP contribution in [0, 0.1) is 17.1 Å². The molecular formula is C19H15BrFNO3. The SMILES string of the molecule is CCOc1c(Br)cc(/C=C(\C#N)C(=O)c2ccccc2F)cc1OC. The Labute approximate surface area is 153 Å². The fourth-order valence-corrected chi connectivity index (χ4v) is 2.79. The molecule has 128 valence electrons. The van der Waals surface area contributed by atoms with Crippen molar-refractivity contribution in [3.63, 3.8) is 0 Å². The van der Waals surface area contributed by atoms with Crippen LogP contribution in [-0.4, -0.2) is 19.5 Å². The average Bonchev–Trinajstić information content (AvgIpc) is 2.61. The minimum absolute atomic E-state index is 0.146. The molecular weight excluding hydrogens is 389 g/mol. The summed E-state index contributed by atoms with van der Waals surface area (Å²) in [6.07, 6.45) is 1.39. The lowest BCUT2D eigenvalue weighted by molar-refractivity contribution is 0.103. The van der Waals surface area contributed by atoms with Crippen LogP contribution >= 0.6 is 15.9 Å². The Bertz CT molecular complexity index is 871. The van der Waals surface area contributed by atoms with Gasteiger partial charge in [0.25, 0.3) is 0 Å². The van der Waals surface area contributed by atoms with Crippen molar-refractivity contribution < 1.29 is 18.7 Å². The van der Waals surface area contributed by atoms with E-state index >= 15 is 0 Å². The van der Waals surface area contributed by atoms with Crippen molar-refractivity contribution in [3.05, 3.63) is 63.4 Å². The second kappa shape index (κ2) is 8.45. The summed E-state index contributed by atoms with van der Waals surface area (Å²) in [4.78, 5) is 12.4. The van der Waals surface area contributed by atoms with E-state index in [-0.39, 0.29) is 11.1 Å². The number of methoxy groups -OCH3 is 1. The minimum atomic E-state index is -0.676. The van der Waals surface area contributed by atoms with Crippen LogP contribution in [0.15, 0.2) is 46.4 Å². The van der Waals surface area contributed by atoms with Crippen LogP contribution in [0.4, 0.5) is 4.39 Å². The second-order valence-corrected chi connectivity index (χ2v) is 5.80. The molecule has 0 spiro atoms. The molecule has 0 aliphatic carbocycles. The third-order valence-electron chi connectivity index (χ3n) is 3.34. The number of hydrogen-bond acceptors (Lipinski definition) is 4. The van der Waals surface area contributed by atoms with Crippen LogP contribution in [0.1, 0.15) is 22.8 Å². The number of halogens is 2. The summed E-state index contributed by atoms with van der Waals surface area (Å²) < 4.78 is 25.2. The first-order valence-electron chi connectivity index (χ1n) is 7.43. The van der Waals surface area contributed by atoms with Gasteiger partial charge >= 0.3 is 0 Å². The van der Waals surface area contributed by atoms with Crippen molar-refractivity contribution in [1.29, 1.82) is 5.26 Å². The third kappa shape index (κ3) is 4.25. The number of nitriles is 1. The third-order valence-corrected chi connectivity index (χ3v) is 3.92. The maximum Gasteiger partial charge on any atom is 0.206 e. The topological polar surface area (TPSA) is 59.3 Å². The van der Waals surface area contributed by atoms with Gasteiger partial charge < -0.3 is 9.47 Å². The highest BCUT2D eigenvalue weighted by Gasteiger charge is 2.17. The summed E-state index contributed by atoms with van der Waals surface area (Å²) in [7, 11) is 1.49. The van der Waals surface area contributed by atoms with Crippen LogP contribution in [0.2, 0.25) is 0 Å². The Balaban J connectivity index is 2.47. The van der Waals surface area contributed by atoms with Crippen molar-refractivity contribution in [3.8, 4) is 17.6 Å². The van der Waals surface area contributed by atoms with E-state index in [1.54, 1.807) is 18.2 Å². The van der Waals surface area contributed by atoms with Crippen molar-refractivity contribution in [1.82, 2.24) is 0 Å². The van der Waals surface area contributed by atoms with Crippen LogP contribution in [-0.2, 0) is 0 Å². The highest BCUT2D eigenvalue weighted by molar-refractivity contribution is 9.10. The van der Waals surface area contributed by atoms with Crippen molar-refractivity contribution in [2.24, 2.45) is 0 Å². The molecule has 2 aromatic carbocycles. The molecule has 0 fully saturated rings. The van der Waals surface area contributed by atoms with Gasteiger partial charge in [-0.3, -0.25) is 4.79 Å². The van der Waals surface area contributed by atoms with Crippen LogP contribution in [0.5, 0.6) is 11.5 Å². The molecule has 0 aromatic heterocycles. The fourth-order valence-electron chi connectivity index (χ4n) is 2.21. The summed E-state index contributed by atoms with van der Waals surface area (Å²) in [6, 6.07) is 10.7. The first-order valence-corrected chi connectivity index (χ1v) is 8.22. The number of allylic oxidation sites excluding steroid dienone is 1. The summed E-state index contributed by atoms with van der Waals surface area (Å²) in [5, 5.41) is 9.32. The zero-order chi connectivity index (χ0) is 18.4. The molecule has 0 radical (unpaired) electrons. The lowest BCUT2D eigenvalue weighted by atomic mass is 10.0. The highest BCUT2D eigenvalue weighted by atomic mass is 79.9. The Morgan fingerprint density at radius 2 is 2.08 bits per heavy atom. The summed E-state index contributed by atoms with van der Waals surface area (Å²) in [5.74, 6) is -0.358. The smallest absolute Gasteiger partial charge is 0.206 e. The van der Waals surface area contributed by atoms with Crippen molar-refractivity contribution >= 4 is 27.8 Å². The first kappa shape index (κ1) is 18.7. The van der Waals surface area contributed by atoms with E-state index in [1.165, 1.54) is 31.4 Å². The molecule has 0 aliphatic rings. The molecule has 0 atom stereocenters. The number of ketones is 1. The van der Waals surface area contributed by atoms with Gasteiger partial charge in [0, 0.05) is 0 Å². The number of hydrogen-bond donors (Lipinski definition) is 0. The molecule has 6 heteroatoms. The maximum atomic E-state index is 13.8. The Morgan fingerprint density at radius 1 is 1.36 bits per heavy atom. The van der Waals surface area contributed by atoms with Gasteiger partial charge in [-0.2, -0.15) is 5.26 Å². The van der Waals surface area contributed by atoms with Crippen molar-refractivity contribution in [2.75, 3.05) is 13.7 Å². The number of carbonyl (C=O) groups excluding carboxylic acids is 1. The van der Waals surface area contributed by atoms with Gasteiger partial charge in [-0.15, -0.1) is 0 Å².